The highest BCUT2D eigenvalue weighted by Crippen LogP contribution is 2.28. The van der Waals surface area contributed by atoms with Crippen molar-refractivity contribution in [3.05, 3.63) is 34.3 Å². The molecule has 6 nitrogen and oxygen atoms in total. The van der Waals surface area contributed by atoms with Gasteiger partial charge in [-0.15, -0.1) is 0 Å². The summed E-state index contributed by atoms with van der Waals surface area (Å²) in [6.07, 6.45) is 5.73. The Balaban J connectivity index is 1.79. The molecule has 0 spiro atoms. The number of fused-ring (bicyclic) bond motifs is 1. The van der Waals surface area contributed by atoms with Gasteiger partial charge < -0.3 is 15.0 Å². The van der Waals surface area contributed by atoms with Crippen molar-refractivity contribution in [3.8, 4) is 0 Å². The predicted molar refractivity (Wildman–Crippen MR) is 83.4 cm³/mol. The van der Waals surface area contributed by atoms with Gasteiger partial charge >= 0.3 is 0 Å². The molecule has 2 fully saturated rings. The summed E-state index contributed by atoms with van der Waals surface area (Å²) in [6, 6.07) is 0. The number of H-pyrrole nitrogens is 1. The van der Waals surface area contributed by atoms with Crippen molar-refractivity contribution < 1.29 is 4.74 Å². The van der Waals surface area contributed by atoms with Crippen LogP contribution >= 0.6 is 0 Å². The highest BCUT2D eigenvalue weighted by molar-refractivity contribution is 5.45. The van der Waals surface area contributed by atoms with E-state index in [-0.39, 0.29) is 5.56 Å². The summed E-state index contributed by atoms with van der Waals surface area (Å²) in [6.45, 7) is 5.70. The van der Waals surface area contributed by atoms with E-state index in [2.05, 4.69) is 28.4 Å². The minimum atomic E-state index is -0.0394. The summed E-state index contributed by atoms with van der Waals surface area (Å²) < 4.78 is 7.45. The van der Waals surface area contributed by atoms with Crippen molar-refractivity contribution in [1.29, 1.82) is 0 Å². The first-order valence-electron chi connectivity index (χ1n) is 8.12. The monoisotopic (exact) mass is 302 g/mol. The van der Waals surface area contributed by atoms with E-state index in [0.717, 1.165) is 50.7 Å². The zero-order chi connectivity index (χ0) is 15.1. The number of aromatic amines is 1. The van der Waals surface area contributed by atoms with Gasteiger partial charge in [-0.05, 0) is 25.3 Å². The average molecular weight is 302 g/mol. The van der Waals surface area contributed by atoms with Gasteiger partial charge in [0.1, 0.15) is 11.3 Å². The molecule has 2 aromatic heterocycles. The first kappa shape index (κ1) is 14.0. The maximum absolute atomic E-state index is 12.4. The fourth-order valence-corrected chi connectivity index (χ4v) is 3.72. The second-order valence-corrected chi connectivity index (χ2v) is 6.54. The molecule has 2 atom stereocenters. The lowest BCUT2D eigenvalue weighted by Crippen LogP contribution is -2.20. The van der Waals surface area contributed by atoms with Crippen LogP contribution in [0.25, 0.3) is 5.52 Å². The van der Waals surface area contributed by atoms with Gasteiger partial charge in [0.15, 0.2) is 0 Å². The third-order valence-corrected chi connectivity index (χ3v) is 5.09. The molecule has 0 bridgehead atoms. The molecule has 6 heteroatoms. The smallest absolute Gasteiger partial charge is 0.274 e. The van der Waals surface area contributed by atoms with E-state index in [1.165, 1.54) is 0 Å². The Bertz CT molecular complexity index is 729. The summed E-state index contributed by atoms with van der Waals surface area (Å²) in [5, 5.41) is 3.40. The number of rotatable bonds is 2. The topological polar surface area (TPSA) is 71.4 Å². The van der Waals surface area contributed by atoms with Crippen molar-refractivity contribution in [1.82, 2.24) is 19.7 Å². The lowest BCUT2D eigenvalue weighted by atomic mass is 9.95. The Morgan fingerprint density at radius 2 is 2.14 bits per heavy atom. The summed E-state index contributed by atoms with van der Waals surface area (Å²) in [5.41, 5.74) is 1.62. The summed E-state index contributed by atoms with van der Waals surface area (Å²) in [5.74, 6) is 2.28. The summed E-state index contributed by atoms with van der Waals surface area (Å²) in [7, 11) is 0. The molecule has 22 heavy (non-hydrogen) atoms. The Kier molecular flexibility index (Phi) is 3.50. The van der Waals surface area contributed by atoms with Crippen molar-refractivity contribution in [3.63, 3.8) is 0 Å². The summed E-state index contributed by atoms with van der Waals surface area (Å²) in [4.78, 5) is 20.0. The SMILES string of the molecule is C[C@@H]1CNC[C@H]1c1cn2c(C3CCOCC3)ncc2c(=O)[nH]1. The van der Waals surface area contributed by atoms with Gasteiger partial charge in [-0.2, -0.15) is 0 Å². The molecule has 2 aromatic rings. The van der Waals surface area contributed by atoms with Crippen LogP contribution in [0.15, 0.2) is 17.2 Å². The Morgan fingerprint density at radius 3 is 2.86 bits per heavy atom. The van der Waals surface area contributed by atoms with E-state index >= 15 is 0 Å². The van der Waals surface area contributed by atoms with Crippen molar-refractivity contribution >= 4 is 5.52 Å². The maximum Gasteiger partial charge on any atom is 0.274 e. The van der Waals surface area contributed by atoms with Crippen LogP contribution in [0, 0.1) is 5.92 Å². The minimum Gasteiger partial charge on any atom is -0.381 e. The quantitative estimate of drug-likeness (QED) is 0.875. The number of ether oxygens (including phenoxy) is 1. The first-order valence-corrected chi connectivity index (χ1v) is 8.12. The molecule has 0 saturated carbocycles. The largest absolute Gasteiger partial charge is 0.381 e. The molecule has 2 saturated heterocycles. The second-order valence-electron chi connectivity index (χ2n) is 6.54. The van der Waals surface area contributed by atoms with Crippen LogP contribution in [0.2, 0.25) is 0 Å². The Morgan fingerprint density at radius 1 is 1.32 bits per heavy atom. The van der Waals surface area contributed by atoms with Gasteiger partial charge in [0.05, 0.1) is 6.20 Å². The molecule has 2 aliphatic heterocycles. The molecule has 4 heterocycles. The Hall–Kier alpha value is -1.66. The first-order chi connectivity index (χ1) is 10.7. The van der Waals surface area contributed by atoms with Crippen LogP contribution in [0.5, 0.6) is 0 Å². The molecule has 2 aliphatic rings. The molecule has 0 aromatic carbocycles. The van der Waals surface area contributed by atoms with Gasteiger partial charge in [0.2, 0.25) is 0 Å². The fourth-order valence-electron chi connectivity index (χ4n) is 3.72. The third-order valence-electron chi connectivity index (χ3n) is 5.09. The molecule has 0 unspecified atom stereocenters. The molecule has 0 amide bonds. The second kappa shape index (κ2) is 5.52. The zero-order valence-corrected chi connectivity index (χ0v) is 12.8. The standard InChI is InChI=1S/C16H22N4O2/c1-10-6-17-7-12(10)13-9-20-14(16(21)19-13)8-18-15(20)11-2-4-22-5-3-11/h8-12,17H,2-7H2,1H3,(H,19,21)/t10-,12-/m1/s1. The van der Waals surface area contributed by atoms with Gasteiger partial charge in [-0.3, -0.25) is 9.20 Å². The number of hydrogen-bond acceptors (Lipinski definition) is 4. The number of aromatic nitrogens is 3. The molecule has 0 aliphatic carbocycles. The molecular weight excluding hydrogens is 280 g/mol. The highest BCUT2D eigenvalue weighted by Gasteiger charge is 2.27. The van der Waals surface area contributed by atoms with Gasteiger partial charge in [0.25, 0.3) is 5.56 Å². The summed E-state index contributed by atoms with van der Waals surface area (Å²) >= 11 is 0. The average Bonchev–Trinajstić information content (AvgIpc) is 3.14. The number of nitrogens with zero attached hydrogens (tertiary/aromatic N) is 2. The normalized spacial score (nSPS) is 26.8. The van der Waals surface area contributed by atoms with Crippen molar-refractivity contribution in [2.75, 3.05) is 26.3 Å². The van der Waals surface area contributed by atoms with E-state index in [1.54, 1.807) is 6.20 Å². The van der Waals surface area contributed by atoms with Gasteiger partial charge in [0, 0.05) is 43.5 Å². The van der Waals surface area contributed by atoms with Crippen LogP contribution in [-0.4, -0.2) is 40.7 Å². The molecule has 0 radical (unpaired) electrons. The molecule has 118 valence electrons. The lowest BCUT2D eigenvalue weighted by molar-refractivity contribution is 0.0835. The minimum absolute atomic E-state index is 0.0394. The predicted octanol–water partition coefficient (Wildman–Crippen LogP) is 1.24. The van der Waals surface area contributed by atoms with Crippen LogP contribution in [0.3, 0.4) is 0 Å². The van der Waals surface area contributed by atoms with Gasteiger partial charge in [-0.1, -0.05) is 6.92 Å². The third kappa shape index (κ3) is 2.27. The highest BCUT2D eigenvalue weighted by atomic mass is 16.5. The number of nitrogens with one attached hydrogen (secondary N) is 2. The van der Waals surface area contributed by atoms with Crippen LogP contribution in [0.4, 0.5) is 0 Å². The lowest BCUT2D eigenvalue weighted by Gasteiger charge is -2.21. The zero-order valence-electron chi connectivity index (χ0n) is 12.8. The van der Waals surface area contributed by atoms with Crippen LogP contribution in [-0.2, 0) is 4.74 Å². The van der Waals surface area contributed by atoms with Crippen LogP contribution in [0.1, 0.15) is 43.1 Å². The number of hydrogen-bond donors (Lipinski definition) is 2. The van der Waals surface area contributed by atoms with E-state index < -0.39 is 0 Å². The van der Waals surface area contributed by atoms with Crippen LogP contribution < -0.4 is 10.9 Å². The maximum atomic E-state index is 12.4. The Labute approximate surface area is 128 Å². The van der Waals surface area contributed by atoms with Crippen molar-refractivity contribution in [2.24, 2.45) is 5.92 Å². The fraction of sp³-hybridized carbons (Fsp3) is 0.625. The van der Waals surface area contributed by atoms with Gasteiger partial charge in [-0.25, -0.2) is 4.98 Å². The van der Waals surface area contributed by atoms with E-state index in [1.807, 2.05) is 4.40 Å². The van der Waals surface area contributed by atoms with E-state index in [9.17, 15) is 4.79 Å². The van der Waals surface area contributed by atoms with E-state index in [0.29, 0.717) is 23.3 Å². The molecular formula is C16H22N4O2. The number of imidazole rings is 1. The molecule has 2 N–H and O–H groups in total. The van der Waals surface area contributed by atoms with Crippen molar-refractivity contribution in [2.45, 2.75) is 31.6 Å². The molecule has 4 rings (SSSR count). The van der Waals surface area contributed by atoms with E-state index in [4.69, 9.17) is 4.74 Å².